The molecule has 2 aromatic carbocycles. The summed E-state index contributed by atoms with van der Waals surface area (Å²) in [4.78, 5) is 0. The Morgan fingerprint density at radius 1 is 0.964 bits per heavy atom. The molecule has 0 aliphatic rings. The summed E-state index contributed by atoms with van der Waals surface area (Å²) in [6.07, 6.45) is -0.591. The monoisotopic (exact) mass is 398 g/mol. The Morgan fingerprint density at radius 2 is 1.75 bits per heavy atom. The van der Waals surface area contributed by atoms with Crippen molar-refractivity contribution in [2.24, 2.45) is 0 Å². The van der Waals surface area contributed by atoms with E-state index in [1.807, 2.05) is 30.3 Å². The molecule has 0 bridgehead atoms. The van der Waals surface area contributed by atoms with Gasteiger partial charge in [0.2, 0.25) is 11.8 Å². The van der Waals surface area contributed by atoms with Crippen LogP contribution in [0.25, 0.3) is 11.5 Å². The Labute approximate surface area is 164 Å². The van der Waals surface area contributed by atoms with Crippen LogP contribution in [0.3, 0.4) is 0 Å². The zero-order valence-electron chi connectivity index (χ0n) is 14.8. The van der Waals surface area contributed by atoms with E-state index in [4.69, 9.17) is 13.6 Å². The fourth-order valence-electron chi connectivity index (χ4n) is 2.36. The minimum Gasteiger partial charge on any atom is -0.478 e. The van der Waals surface area contributed by atoms with Crippen LogP contribution in [0.5, 0.6) is 5.75 Å². The molecule has 1 atom stereocenters. The summed E-state index contributed by atoms with van der Waals surface area (Å²) in [6.45, 7) is 1.71. The summed E-state index contributed by atoms with van der Waals surface area (Å²) in [5.41, 5.74) is 0.852. The lowest BCUT2D eigenvalue weighted by Crippen LogP contribution is -2.04. The van der Waals surface area contributed by atoms with E-state index in [2.05, 4.69) is 20.4 Å². The first kappa shape index (κ1) is 18.2. The van der Waals surface area contributed by atoms with Gasteiger partial charge in [-0.25, -0.2) is 4.39 Å². The molecular weight excluding hydrogens is 383 g/mol. The van der Waals surface area contributed by atoms with Crippen LogP contribution in [-0.4, -0.2) is 20.4 Å². The maximum absolute atomic E-state index is 13.7. The van der Waals surface area contributed by atoms with E-state index in [1.54, 1.807) is 19.1 Å². The lowest BCUT2D eigenvalue weighted by atomic mass is 10.2. The molecule has 0 aliphatic heterocycles. The van der Waals surface area contributed by atoms with Crippen molar-refractivity contribution in [3.05, 3.63) is 72.2 Å². The van der Waals surface area contributed by atoms with Gasteiger partial charge in [0, 0.05) is 5.56 Å². The van der Waals surface area contributed by atoms with Gasteiger partial charge in [0.25, 0.3) is 11.1 Å². The Kier molecular flexibility index (Phi) is 5.34. The highest BCUT2D eigenvalue weighted by Gasteiger charge is 2.18. The van der Waals surface area contributed by atoms with Gasteiger partial charge < -0.3 is 13.6 Å². The van der Waals surface area contributed by atoms with E-state index in [9.17, 15) is 4.39 Å². The number of aromatic nitrogens is 4. The van der Waals surface area contributed by atoms with Crippen molar-refractivity contribution in [1.29, 1.82) is 0 Å². The molecule has 2 aromatic heterocycles. The number of nitrogens with zero attached hydrogens (tertiary/aromatic N) is 4. The highest BCUT2D eigenvalue weighted by Crippen LogP contribution is 2.27. The molecule has 28 heavy (non-hydrogen) atoms. The second-order valence-corrected chi connectivity index (χ2v) is 6.68. The van der Waals surface area contributed by atoms with Crippen LogP contribution < -0.4 is 4.74 Å². The number of hydrogen-bond acceptors (Lipinski definition) is 8. The van der Waals surface area contributed by atoms with Crippen LogP contribution in [0.2, 0.25) is 0 Å². The summed E-state index contributed by atoms with van der Waals surface area (Å²) in [6, 6.07) is 15.7. The number of para-hydroxylation sites is 1. The lowest BCUT2D eigenvalue weighted by molar-refractivity contribution is 0.174. The molecule has 2 heterocycles. The predicted molar refractivity (Wildman–Crippen MR) is 99.0 cm³/mol. The fraction of sp³-hybridized carbons (Fsp3) is 0.158. The molecule has 9 heteroatoms. The van der Waals surface area contributed by atoms with Crippen LogP contribution in [0, 0.1) is 5.82 Å². The molecule has 4 rings (SSSR count). The maximum atomic E-state index is 13.7. The molecule has 0 unspecified atom stereocenters. The van der Waals surface area contributed by atoms with Crippen molar-refractivity contribution in [3.8, 4) is 17.2 Å². The minimum absolute atomic E-state index is 0.127. The normalized spacial score (nSPS) is 12.1. The van der Waals surface area contributed by atoms with E-state index in [0.717, 1.165) is 5.56 Å². The van der Waals surface area contributed by atoms with Gasteiger partial charge in [-0.1, -0.05) is 42.1 Å². The molecule has 0 saturated carbocycles. The zero-order valence-corrected chi connectivity index (χ0v) is 15.6. The molecule has 4 aromatic rings. The van der Waals surface area contributed by atoms with E-state index < -0.39 is 11.9 Å². The van der Waals surface area contributed by atoms with Crippen molar-refractivity contribution in [2.45, 2.75) is 24.0 Å². The highest BCUT2D eigenvalue weighted by atomic mass is 32.2. The van der Waals surface area contributed by atoms with Gasteiger partial charge in [0.05, 0.1) is 5.75 Å². The molecule has 0 amide bonds. The SMILES string of the molecule is C[C@H](Oc1ccccc1F)c1nnc(SCc2nnc(-c3ccccc3)o2)o1. The Hall–Kier alpha value is -3.20. The maximum Gasteiger partial charge on any atom is 0.277 e. The smallest absolute Gasteiger partial charge is 0.277 e. The minimum atomic E-state index is -0.591. The second kappa shape index (κ2) is 8.22. The molecule has 0 spiro atoms. The van der Waals surface area contributed by atoms with Gasteiger partial charge in [-0.3, -0.25) is 0 Å². The first-order chi connectivity index (χ1) is 13.7. The van der Waals surface area contributed by atoms with Crippen molar-refractivity contribution in [2.75, 3.05) is 0 Å². The van der Waals surface area contributed by atoms with Gasteiger partial charge in [0.1, 0.15) is 0 Å². The number of rotatable bonds is 7. The van der Waals surface area contributed by atoms with Crippen LogP contribution >= 0.6 is 11.8 Å². The third-order valence-electron chi connectivity index (χ3n) is 3.72. The molecule has 142 valence electrons. The van der Waals surface area contributed by atoms with E-state index in [0.29, 0.717) is 22.8 Å². The van der Waals surface area contributed by atoms with Gasteiger partial charge >= 0.3 is 0 Å². The van der Waals surface area contributed by atoms with E-state index >= 15 is 0 Å². The molecular formula is C19H15FN4O3S. The predicted octanol–water partition coefficient (Wildman–Crippen LogP) is 4.69. The van der Waals surface area contributed by atoms with Crippen molar-refractivity contribution in [1.82, 2.24) is 20.4 Å². The molecule has 0 aliphatic carbocycles. The number of halogens is 1. The first-order valence-corrected chi connectivity index (χ1v) is 9.43. The number of hydrogen-bond donors (Lipinski definition) is 0. The average Bonchev–Trinajstić information content (AvgIpc) is 3.38. The number of thioether (sulfide) groups is 1. The van der Waals surface area contributed by atoms with Crippen LogP contribution in [0.4, 0.5) is 4.39 Å². The third-order valence-corrected chi connectivity index (χ3v) is 4.52. The zero-order chi connectivity index (χ0) is 19.3. The highest BCUT2D eigenvalue weighted by molar-refractivity contribution is 7.98. The summed E-state index contributed by atoms with van der Waals surface area (Å²) >= 11 is 1.26. The Bertz CT molecular complexity index is 1050. The van der Waals surface area contributed by atoms with Crippen LogP contribution in [0.1, 0.15) is 24.8 Å². The van der Waals surface area contributed by atoms with Gasteiger partial charge in [-0.05, 0) is 31.2 Å². The van der Waals surface area contributed by atoms with Crippen LogP contribution in [-0.2, 0) is 5.75 Å². The largest absolute Gasteiger partial charge is 0.478 e. The molecule has 0 saturated heterocycles. The summed E-state index contributed by atoms with van der Waals surface area (Å²) in [5, 5.41) is 16.3. The van der Waals surface area contributed by atoms with Gasteiger partial charge in [-0.2, -0.15) is 0 Å². The van der Waals surface area contributed by atoms with Crippen molar-refractivity contribution < 1.29 is 18.0 Å². The standard InChI is InChI=1S/C19H15FN4O3S/c1-12(25-15-10-6-5-9-14(15)20)17-22-24-19(27-17)28-11-16-21-23-18(26-16)13-7-3-2-4-8-13/h2-10,12H,11H2,1H3/t12-/m0/s1. The number of ether oxygens (including phenoxy) is 1. The van der Waals surface area contributed by atoms with E-state index in [1.165, 1.54) is 23.9 Å². The lowest BCUT2D eigenvalue weighted by Gasteiger charge is -2.11. The molecule has 7 nitrogen and oxygen atoms in total. The first-order valence-electron chi connectivity index (χ1n) is 8.44. The third kappa shape index (κ3) is 4.20. The fourth-order valence-corrected chi connectivity index (χ4v) is 2.96. The molecule has 0 N–H and O–H groups in total. The van der Waals surface area contributed by atoms with Crippen molar-refractivity contribution >= 4 is 11.8 Å². The van der Waals surface area contributed by atoms with Gasteiger partial charge in [-0.15, -0.1) is 20.4 Å². The topological polar surface area (TPSA) is 87.1 Å². The summed E-state index contributed by atoms with van der Waals surface area (Å²) in [7, 11) is 0. The summed E-state index contributed by atoms with van der Waals surface area (Å²) in [5.74, 6) is 1.20. The molecule has 0 radical (unpaired) electrons. The van der Waals surface area contributed by atoms with Gasteiger partial charge in [0.15, 0.2) is 17.7 Å². The second-order valence-electron chi connectivity index (χ2n) is 5.75. The summed E-state index contributed by atoms with van der Waals surface area (Å²) < 4.78 is 30.4. The Balaban J connectivity index is 1.36. The quantitative estimate of drug-likeness (QED) is 0.414. The Morgan fingerprint density at radius 3 is 2.57 bits per heavy atom. The van der Waals surface area contributed by atoms with Crippen molar-refractivity contribution in [3.63, 3.8) is 0 Å². The number of benzene rings is 2. The van der Waals surface area contributed by atoms with E-state index in [-0.39, 0.29) is 11.6 Å². The molecule has 0 fully saturated rings. The average molecular weight is 398 g/mol. The van der Waals surface area contributed by atoms with Crippen LogP contribution in [0.15, 0.2) is 68.7 Å².